The number of ketones is 1. The van der Waals surface area contributed by atoms with Gasteiger partial charge in [-0.05, 0) is 18.9 Å². The van der Waals surface area contributed by atoms with Gasteiger partial charge in [-0.15, -0.1) is 0 Å². The number of benzene rings is 1. The Balaban J connectivity index is 2.61. The largest absolute Gasteiger partial charge is 0.460 e. The van der Waals surface area contributed by atoms with Crippen LogP contribution in [0.3, 0.4) is 0 Å². The van der Waals surface area contributed by atoms with E-state index in [1.807, 2.05) is 5.32 Å². The average Bonchev–Trinajstić information content (AvgIpc) is 2.37. The molecule has 0 heterocycles. The van der Waals surface area contributed by atoms with E-state index in [0.29, 0.717) is 5.56 Å². The third-order valence-electron chi connectivity index (χ3n) is 2.53. The highest BCUT2D eigenvalue weighted by Gasteiger charge is 2.43. The van der Waals surface area contributed by atoms with Gasteiger partial charge in [-0.1, -0.05) is 12.1 Å². The summed E-state index contributed by atoms with van der Waals surface area (Å²) in [5, 5.41) is 12.4. The summed E-state index contributed by atoms with van der Waals surface area (Å²) < 4.78 is 36.1. The zero-order valence-corrected chi connectivity index (χ0v) is 10.8. The number of nitrogens with zero attached hydrogens (tertiary/aromatic N) is 1. The fourth-order valence-electron chi connectivity index (χ4n) is 1.58. The first-order chi connectivity index (χ1) is 9.61. The van der Waals surface area contributed by atoms with Crippen molar-refractivity contribution >= 4 is 17.4 Å². The van der Waals surface area contributed by atoms with Crippen LogP contribution in [-0.4, -0.2) is 28.8 Å². The minimum absolute atomic E-state index is 0.123. The molecule has 0 aliphatic rings. The third-order valence-corrected chi connectivity index (χ3v) is 2.53. The normalized spacial score (nSPS) is 12.6. The fraction of sp³-hybridized carbons (Fsp3) is 0.333. The Morgan fingerprint density at radius 2 is 1.81 bits per heavy atom. The molecule has 1 aromatic carbocycles. The summed E-state index contributed by atoms with van der Waals surface area (Å²) in [5.74, 6) is -4.19. The van der Waals surface area contributed by atoms with Crippen molar-refractivity contribution in [2.24, 2.45) is 0 Å². The van der Waals surface area contributed by atoms with Gasteiger partial charge in [-0.3, -0.25) is 19.7 Å². The number of nitro groups is 1. The van der Waals surface area contributed by atoms with Gasteiger partial charge in [0.1, 0.15) is 0 Å². The van der Waals surface area contributed by atoms with Crippen LogP contribution >= 0.6 is 0 Å². The summed E-state index contributed by atoms with van der Waals surface area (Å²) in [4.78, 5) is 31.6. The molecule has 1 amide bonds. The maximum absolute atomic E-state index is 12.0. The number of nitro benzene ring substituents is 1. The van der Waals surface area contributed by atoms with E-state index in [4.69, 9.17) is 0 Å². The van der Waals surface area contributed by atoms with E-state index in [-0.39, 0.29) is 12.1 Å². The quantitative estimate of drug-likeness (QED) is 0.510. The molecule has 0 saturated heterocycles. The Bertz CT molecular complexity index is 555. The van der Waals surface area contributed by atoms with Gasteiger partial charge in [0.05, 0.1) is 4.92 Å². The number of hydrogen-bond acceptors (Lipinski definition) is 4. The molecule has 0 spiro atoms. The lowest BCUT2D eigenvalue weighted by molar-refractivity contribution is -0.384. The molecule has 1 aromatic rings. The zero-order chi connectivity index (χ0) is 16.2. The lowest BCUT2D eigenvalue weighted by atomic mass is 10.1. The molecule has 0 aromatic heterocycles. The van der Waals surface area contributed by atoms with Crippen LogP contribution in [0.1, 0.15) is 12.5 Å². The van der Waals surface area contributed by atoms with Crippen LogP contribution in [0.25, 0.3) is 0 Å². The Kier molecular flexibility index (Phi) is 5.01. The predicted octanol–water partition coefficient (Wildman–Crippen LogP) is 1.77. The smallest absolute Gasteiger partial charge is 0.346 e. The molecule has 21 heavy (non-hydrogen) atoms. The van der Waals surface area contributed by atoms with Gasteiger partial charge in [0.15, 0.2) is 0 Å². The number of hydrogen-bond donors (Lipinski definition) is 1. The van der Waals surface area contributed by atoms with Crippen molar-refractivity contribution in [3.05, 3.63) is 39.9 Å². The molecule has 1 unspecified atom stereocenters. The van der Waals surface area contributed by atoms with Gasteiger partial charge in [-0.2, -0.15) is 13.2 Å². The Morgan fingerprint density at radius 1 is 1.29 bits per heavy atom. The lowest BCUT2D eigenvalue weighted by Gasteiger charge is -2.14. The number of carbonyl (C=O) groups excluding carboxylic acids is 2. The van der Waals surface area contributed by atoms with Crippen LogP contribution in [-0.2, 0) is 16.0 Å². The summed E-state index contributed by atoms with van der Waals surface area (Å²) in [6, 6.07) is 4.60. The van der Waals surface area contributed by atoms with Crippen LogP contribution in [0.2, 0.25) is 0 Å². The van der Waals surface area contributed by atoms with Gasteiger partial charge in [0, 0.05) is 18.2 Å². The van der Waals surface area contributed by atoms with Crippen molar-refractivity contribution in [3.8, 4) is 0 Å². The molecule has 1 N–H and O–H groups in total. The van der Waals surface area contributed by atoms with Gasteiger partial charge in [-0.25, -0.2) is 0 Å². The standard InChI is InChI=1S/C12H11F3N2O4/c1-7(16-11(19)10(18)12(13,14)15)6-8-2-4-9(5-3-8)17(20)21/h2-5,7H,6H2,1H3,(H,16,19). The van der Waals surface area contributed by atoms with E-state index >= 15 is 0 Å². The molecule has 0 aliphatic heterocycles. The third kappa shape index (κ3) is 4.86. The van der Waals surface area contributed by atoms with Gasteiger partial charge >= 0.3 is 12.0 Å². The van der Waals surface area contributed by atoms with Crippen molar-refractivity contribution in [2.45, 2.75) is 25.6 Å². The number of halogens is 3. The fourth-order valence-corrected chi connectivity index (χ4v) is 1.58. The number of nitrogens with one attached hydrogen (secondary N) is 1. The number of carbonyl (C=O) groups is 2. The maximum atomic E-state index is 12.0. The van der Waals surface area contributed by atoms with Crippen LogP contribution in [0.4, 0.5) is 18.9 Å². The van der Waals surface area contributed by atoms with E-state index in [1.54, 1.807) is 0 Å². The van der Waals surface area contributed by atoms with Crippen LogP contribution < -0.4 is 5.32 Å². The number of alkyl halides is 3. The minimum atomic E-state index is -5.21. The van der Waals surface area contributed by atoms with Crippen molar-refractivity contribution in [1.29, 1.82) is 0 Å². The highest BCUT2D eigenvalue weighted by atomic mass is 19.4. The molecular formula is C12H11F3N2O4. The van der Waals surface area contributed by atoms with Crippen LogP contribution in [0, 0.1) is 10.1 Å². The van der Waals surface area contributed by atoms with Crippen LogP contribution in [0.15, 0.2) is 24.3 Å². The van der Waals surface area contributed by atoms with E-state index in [2.05, 4.69) is 0 Å². The number of non-ortho nitro benzene ring substituents is 1. The highest BCUT2D eigenvalue weighted by molar-refractivity contribution is 6.38. The average molecular weight is 304 g/mol. The van der Waals surface area contributed by atoms with Crippen molar-refractivity contribution in [1.82, 2.24) is 5.32 Å². The first-order valence-corrected chi connectivity index (χ1v) is 5.76. The van der Waals surface area contributed by atoms with Crippen LogP contribution in [0.5, 0.6) is 0 Å². The molecule has 0 bridgehead atoms. The Labute approximate surface area is 117 Å². The monoisotopic (exact) mass is 304 g/mol. The minimum Gasteiger partial charge on any atom is -0.346 e. The zero-order valence-electron chi connectivity index (χ0n) is 10.8. The summed E-state index contributed by atoms with van der Waals surface area (Å²) in [5.41, 5.74) is 0.454. The first kappa shape index (κ1) is 16.6. The Morgan fingerprint density at radius 3 is 2.24 bits per heavy atom. The summed E-state index contributed by atoms with van der Waals surface area (Å²) >= 11 is 0. The first-order valence-electron chi connectivity index (χ1n) is 5.76. The van der Waals surface area contributed by atoms with Gasteiger partial charge in [0.2, 0.25) is 0 Å². The molecule has 1 rings (SSSR count). The summed E-state index contributed by atoms with van der Waals surface area (Å²) in [7, 11) is 0. The van der Waals surface area contributed by atoms with E-state index in [0.717, 1.165) is 0 Å². The molecule has 0 saturated carbocycles. The molecule has 1 atom stereocenters. The maximum Gasteiger partial charge on any atom is 0.460 e. The molecule has 9 heteroatoms. The molecule has 0 fully saturated rings. The number of Topliss-reactive ketones (excluding diaryl/α,β-unsaturated/α-hetero) is 1. The number of amides is 1. The van der Waals surface area contributed by atoms with E-state index < -0.39 is 28.8 Å². The SMILES string of the molecule is CC(Cc1ccc([N+](=O)[O-])cc1)NC(=O)C(=O)C(F)(F)F. The topological polar surface area (TPSA) is 89.3 Å². The summed E-state index contributed by atoms with van der Waals surface area (Å²) in [6.07, 6.45) is -5.08. The van der Waals surface area contributed by atoms with Crippen molar-refractivity contribution < 1.29 is 27.7 Å². The second-order valence-corrected chi connectivity index (χ2v) is 4.33. The Hall–Kier alpha value is -2.45. The molecule has 0 aliphatic carbocycles. The molecule has 0 radical (unpaired) electrons. The predicted molar refractivity (Wildman–Crippen MR) is 65.5 cm³/mol. The van der Waals surface area contributed by atoms with Crippen molar-refractivity contribution in [2.75, 3.05) is 0 Å². The molecular weight excluding hydrogens is 293 g/mol. The highest BCUT2D eigenvalue weighted by Crippen LogP contribution is 2.16. The number of rotatable bonds is 5. The second-order valence-electron chi connectivity index (χ2n) is 4.33. The molecule has 114 valence electrons. The second kappa shape index (κ2) is 6.33. The van der Waals surface area contributed by atoms with Crippen molar-refractivity contribution in [3.63, 3.8) is 0 Å². The molecule has 6 nitrogen and oxygen atoms in total. The van der Waals surface area contributed by atoms with E-state index in [9.17, 15) is 32.9 Å². The van der Waals surface area contributed by atoms with E-state index in [1.165, 1.54) is 31.2 Å². The van der Waals surface area contributed by atoms with Gasteiger partial charge in [0.25, 0.3) is 11.6 Å². The summed E-state index contributed by atoms with van der Waals surface area (Å²) in [6.45, 7) is 1.42. The lowest BCUT2D eigenvalue weighted by Crippen LogP contribution is -2.44. The van der Waals surface area contributed by atoms with Gasteiger partial charge < -0.3 is 5.32 Å².